The molecule has 0 saturated heterocycles. The lowest BCUT2D eigenvalue weighted by atomic mass is 9.86. The van der Waals surface area contributed by atoms with E-state index in [0.717, 1.165) is 0 Å². The summed E-state index contributed by atoms with van der Waals surface area (Å²) in [5.74, 6) is 0. The third kappa shape index (κ3) is 5.42. The molecule has 0 fully saturated rings. The summed E-state index contributed by atoms with van der Waals surface area (Å²) in [5, 5.41) is 11.8. The fourth-order valence-electron chi connectivity index (χ4n) is 0.946. The molecule has 76 valence electrons. The minimum Gasteiger partial charge on any atom is -0.392 e. The summed E-state index contributed by atoms with van der Waals surface area (Å²) in [6, 6.07) is 0.198. The third-order valence-corrected chi connectivity index (χ3v) is 1.75. The Labute approximate surface area is 80.6 Å². The Kier molecular flexibility index (Phi) is 5.39. The SMILES string of the molecule is CN=CNC(C=CCO)C(C)(C)C. The molecule has 0 radical (unpaired) electrons. The molecule has 3 heteroatoms. The van der Waals surface area contributed by atoms with Gasteiger partial charge in [0.1, 0.15) is 0 Å². The van der Waals surface area contributed by atoms with E-state index in [9.17, 15) is 0 Å². The maximum atomic E-state index is 8.66. The van der Waals surface area contributed by atoms with Crippen LogP contribution in [0.15, 0.2) is 17.1 Å². The monoisotopic (exact) mass is 184 g/mol. The summed E-state index contributed by atoms with van der Waals surface area (Å²) in [4.78, 5) is 3.86. The zero-order chi connectivity index (χ0) is 10.3. The standard InChI is InChI=1S/C10H20N2O/c1-10(2,3)9(6-5-7-13)12-8-11-4/h5-6,8-9,13H,7H2,1-4H3,(H,11,12). The van der Waals surface area contributed by atoms with Crippen molar-refractivity contribution < 1.29 is 5.11 Å². The molecule has 1 unspecified atom stereocenters. The van der Waals surface area contributed by atoms with Gasteiger partial charge in [-0.1, -0.05) is 32.9 Å². The highest BCUT2D eigenvalue weighted by atomic mass is 16.2. The average Bonchev–Trinajstić information content (AvgIpc) is 2.02. The molecule has 0 saturated carbocycles. The first kappa shape index (κ1) is 12.2. The van der Waals surface area contributed by atoms with Crippen molar-refractivity contribution in [3.63, 3.8) is 0 Å². The Bertz CT molecular complexity index is 180. The van der Waals surface area contributed by atoms with Crippen LogP contribution < -0.4 is 5.32 Å². The van der Waals surface area contributed by atoms with E-state index in [4.69, 9.17) is 5.11 Å². The molecular formula is C10H20N2O. The number of hydrogen-bond acceptors (Lipinski definition) is 2. The maximum absolute atomic E-state index is 8.66. The van der Waals surface area contributed by atoms with Gasteiger partial charge in [-0.05, 0) is 5.41 Å². The van der Waals surface area contributed by atoms with Crippen LogP contribution in [-0.4, -0.2) is 31.1 Å². The summed E-state index contributed by atoms with van der Waals surface area (Å²) in [6.07, 6.45) is 5.38. The highest BCUT2D eigenvalue weighted by Gasteiger charge is 2.20. The second-order valence-corrected chi connectivity index (χ2v) is 4.01. The van der Waals surface area contributed by atoms with E-state index in [0.29, 0.717) is 0 Å². The summed E-state index contributed by atoms with van der Waals surface area (Å²) in [5.41, 5.74) is 0.118. The van der Waals surface area contributed by atoms with Gasteiger partial charge in [-0.3, -0.25) is 4.99 Å². The second-order valence-electron chi connectivity index (χ2n) is 4.01. The fourth-order valence-corrected chi connectivity index (χ4v) is 0.946. The van der Waals surface area contributed by atoms with Crippen LogP contribution in [0.3, 0.4) is 0 Å². The zero-order valence-electron chi connectivity index (χ0n) is 8.91. The minimum absolute atomic E-state index is 0.0809. The van der Waals surface area contributed by atoms with Crippen LogP contribution in [0.4, 0.5) is 0 Å². The van der Waals surface area contributed by atoms with Crippen molar-refractivity contribution in [2.24, 2.45) is 10.4 Å². The smallest absolute Gasteiger partial charge is 0.0825 e. The molecule has 0 aromatic heterocycles. The van der Waals surface area contributed by atoms with E-state index in [-0.39, 0.29) is 18.1 Å². The van der Waals surface area contributed by atoms with E-state index >= 15 is 0 Å². The number of aliphatic imine (C=N–C) groups is 1. The van der Waals surface area contributed by atoms with Crippen molar-refractivity contribution in [1.29, 1.82) is 0 Å². The lowest BCUT2D eigenvalue weighted by Gasteiger charge is -2.28. The first-order valence-electron chi connectivity index (χ1n) is 4.46. The first-order valence-corrected chi connectivity index (χ1v) is 4.46. The molecule has 0 aliphatic heterocycles. The van der Waals surface area contributed by atoms with Crippen LogP contribution >= 0.6 is 0 Å². The molecule has 0 rings (SSSR count). The lowest BCUT2D eigenvalue weighted by molar-refractivity contribution is 0.330. The molecular weight excluding hydrogens is 164 g/mol. The number of hydrogen-bond donors (Lipinski definition) is 2. The molecule has 0 aliphatic carbocycles. The van der Waals surface area contributed by atoms with Crippen molar-refractivity contribution >= 4 is 6.34 Å². The number of aliphatic hydroxyl groups is 1. The van der Waals surface area contributed by atoms with Gasteiger partial charge in [0.25, 0.3) is 0 Å². The van der Waals surface area contributed by atoms with Gasteiger partial charge in [-0.25, -0.2) is 0 Å². The molecule has 0 bridgehead atoms. The Hall–Kier alpha value is -0.830. The van der Waals surface area contributed by atoms with Gasteiger partial charge in [0.05, 0.1) is 19.0 Å². The highest BCUT2D eigenvalue weighted by molar-refractivity contribution is 5.55. The fraction of sp³-hybridized carbons (Fsp3) is 0.700. The largest absolute Gasteiger partial charge is 0.392 e. The van der Waals surface area contributed by atoms with Gasteiger partial charge >= 0.3 is 0 Å². The molecule has 3 nitrogen and oxygen atoms in total. The van der Waals surface area contributed by atoms with Crippen LogP contribution in [0.5, 0.6) is 0 Å². The molecule has 0 aliphatic rings. The van der Waals surface area contributed by atoms with Crippen molar-refractivity contribution in [3.05, 3.63) is 12.2 Å². The van der Waals surface area contributed by atoms with E-state index < -0.39 is 0 Å². The predicted octanol–water partition coefficient (Wildman–Crippen LogP) is 1.20. The van der Waals surface area contributed by atoms with Crippen LogP contribution in [0.25, 0.3) is 0 Å². The van der Waals surface area contributed by atoms with E-state index in [1.807, 2.05) is 6.08 Å². The van der Waals surface area contributed by atoms with E-state index in [1.165, 1.54) is 0 Å². The summed E-state index contributed by atoms with van der Waals surface area (Å²) < 4.78 is 0. The molecule has 0 aromatic rings. The van der Waals surface area contributed by atoms with Gasteiger partial charge in [0.15, 0.2) is 0 Å². The van der Waals surface area contributed by atoms with Crippen molar-refractivity contribution in [3.8, 4) is 0 Å². The van der Waals surface area contributed by atoms with Crippen LogP contribution in [-0.2, 0) is 0 Å². The van der Waals surface area contributed by atoms with Gasteiger partial charge in [0.2, 0.25) is 0 Å². The topological polar surface area (TPSA) is 44.6 Å². The van der Waals surface area contributed by atoms with E-state index in [2.05, 4.69) is 31.1 Å². The maximum Gasteiger partial charge on any atom is 0.0825 e. The summed E-state index contributed by atoms with van der Waals surface area (Å²) >= 11 is 0. The molecule has 0 aromatic carbocycles. The summed E-state index contributed by atoms with van der Waals surface area (Å²) in [6.45, 7) is 6.49. The molecule has 0 spiro atoms. The number of nitrogens with one attached hydrogen (secondary N) is 1. The second kappa shape index (κ2) is 5.75. The van der Waals surface area contributed by atoms with Crippen molar-refractivity contribution in [1.82, 2.24) is 5.32 Å². The molecule has 2 N–H and O–H groups in total. The lowest BCUT2D eigenvalue weighted by Crippen LogP contribution is -2.37. The first-order chi connectivity index (χ1) is 6.02. The van der Waals surface area contributed by atoms with Crippen LogP contribution in [0.2, 0.25) is 0 Å². The van der Waals surface area contributed by atoms with Gasteiger partial charge in [-0.15, -0.1) is 0 Å². The third-order valence-electron chi connectivity index (χ3n) is 1.75. The van der Waals surface area contributed by atoms with Gasteiger partial charge in [-0.2, -0.15) is 0 Å². The number of rotatable bonds is 4. The molecule has 0 heterocycles. The Morgan fingerprint density at radius 3 is 2.46 bits per heavy atom. The number of aliphatic hydroxyl groups excluding tert-OH is 1. The van der Waals surface area contributed by atoms with E-state index in [1.54, 1.807) is 19.5 Å². The molecule has 0 amide bonds. The number of nitrogens with zero attached hydrogens (tertiary/aromatic N) is 1. The molecule has 1 atom stereocenters. The normalized spacial score (nSPS) is 15.5. The van der Waals surface area contributed by atoms with Crippen LogP contribution in [0, 0.1) is 5.41 Å². The van der Waals surface area contributed by atoms with Gasteiger partial charge < -0.3 is 10.4 Å². The Morgan fingerprint density at radius 1 is 1.46 bits per heavy atom. The van der Waals surface area contributed by atoms with Gasteiger partial charge in [0, 0.05) is 7.05 Å². The van der Waals surface area contributed by atoms with Crippen molar-refractivity contribution in [2.45, 2.75) is 26.8 Å². The minimum atomic E-state index is 0.0809. The molecule has 13 heavy (non-hydrogen) atoms. The Balaban J connectivity index is 4.28. The highest BCUT2D eigenvalue weighted by Crippen LogP contribution is 2.19. The Morgan fingerprint density at radius 2 is 2.08 bits per heavy atom. The predicted molar refractivity (Wildman–Crippen MR) is 57.0 cm³/mol. The van der Waals surface area contributed by atoms with Crippen molar-refractivity contribution in [2.75, 3.05) is 13.7 Å². The average molecular weight is 184 g/mol. The summed E-state index contributed by atoms with van der Waals surface area (Å²) in [7, 11) is 1.72. The zero-order valence-corrected chi connectivity index (χ0v) is 8.91. The quantitative estimate of drug-likeness (QED) is 0.392. The van der Waals surface area contributed by atoms with Crippen LogP contribution in [0.1, 0.15) is 20.8 Å².